The fraction of sp³-hybridized carbons (Fsp3) is 0.769. The summed E-state index contributed by atoms with van der Waals surface area (Å²) in [6.45, 7) is 8.39. The van der Waals surface area contributed by atoms with Gasteiger partial charge in [0.25, 0.3) is 0 Å². The van der Waals surface area contributed by atoms with Gasteiger partial charge in [-0.05, 0) is 19.8 Å². The number of hydrogen-bond acceptors (Lipinski definition) is 4. The molecule has 1 aliphatic heterocycles. The summed E-state index contributed by atoms with van der Waals surface area (Å²) in [6, 6.07) is 0.278. The number of carbonyl (C=O) groups is 1. The minimum atomic E-state index is -0.0493. The van der Waals surface area contributed by atoms with Gasteiger partial charge in [0.1, 0.15) is 6.33 Å². The van der Waals surface area contributed by atoms with E-state index in [2.05, 4.69) is 29.4 Å². The van der Waals surface area contributed by atoms with Crippen LogP contribution in [-0.4, -0.2) is 44.2 Å². The van der Waals surface area contributed by atoms with Gasteiger partial charge < -0.3 is 14.8 Å². The summed E-state index contributed by atoms with van der Waals surface area (Å²) in [6.07, 6.45) is 3.68. The van der Waals surface area contributed by atoms with E-state index in [-0.39, 0.29) is 11.9 Å². The lowest BCUT2D eigenvalue weighted by Crippen LogP contribution is -2.52. The molecule has 0 aliphatic carbocycles. The first-order valence-electron chi connectivity index (χ1n) is 7.03. The van der Waals surface area contributed by atoms with Crippen LogP contribution in [0.5, 0.6) is 0 Å². The highest BCUT2D eigenvalue weighted by Crippen LogP contribution is 2.15. The number of aromatic nitrogens is 3. The van der Waals surface area contributed by atoms with Gasteiger partial charge in [-0.2, -0.15) is 0 Å². The topological polar surface area (TPSA) is 63.1 Å². The minimum absolute atomic E-state index is 0.0493. The van der Waals surface area contributed by atoms with Gasteiger partial charge in [-0.1, -0.05) is 13.8 Å². The van der Waals surface area contributed by atoms with E-state index in [1.54, 1.807) is 6.33 Å². The molecule has 19 heavy (non-hydrogen) atoms. The highest BCUT2D eigenvalue weighted by molar-refractivity contribution is 5.82. The van der Waals surface area contributed by atoms with Gasteiger partial charge in [0.15, 0.2) is 5.82 Å². The number of aryl methyl sites for hydroxylation is 1. The van der Waals surface area contributed by atoms with E-state index < -0.39 is 0 Å². The van der Waals surface area contributed by atoms with Crippen molar-refractivity contribution in [1.29, 1.82) is 0 Å². The van der Waals surface area contributed by atoms with Crippen molar-refractivity contribution in [2.24, 2.45) is 0 Å². The van der Waals surface area contributed by atoms with Crippen LogP contribution in [0.2, 0.25) is 0 Å². The van der Waals surface area contributed by atoms with Crippen LogP contribution in [0.3, 0.4) is 0 Å². The Morgan fingerprint density at radius 1 is 1.53 bits per heavy atom. The SMILES string of the molecule is CCn1cnnc1CN1CCCC(NC(C)C)C1=O. The fourth-order valence-corrected chi connectivity index (χ4v) is 2.49. The van der Waals surface area contributed by atoms with Crippen LogP contribution < -0.4 is 5.32 Å². The zero-order valence-corrected chi connectivity index (χ0v) is 12.0. The second-order valence-electron chi connectivity index (χ2n) is 5.31. The highest BCUT2D eigenvalue weighted by Gasteiger charge is 2.29. The Hall–Kier alpha value is -1.43. The Bertz CT molecular complexity index is 428. The average molecular weight is 265 g/mol. The molecule has 1 unspecified atom stereocenters. The first-order chi connectivity index (χ1) is 9.11. The number of rotatable bonds is 5. The molecule has 6 nitrogen and oxygen atoms in total. The summed E-state index contributed by atoms with van der Waals surface area (Å²) in [4.78, 5) is 14.3. The third-order valence-electron chi connectivity index (χ3n) is 3.43. The van der Waals surface area contributed by atoms with Crippen molar-refractivity contribution in [3.8, 4) is 0 Å². The zero-order chi connectivity index (χ0) is 13.8. The van der Waals surface area contributed by atoms with Crippen LogP contribution in [0, 0.1) is 0 Å². The Kier molecular flexibility index (Phi) is 4.52. The molecule has 1 amide bonds. The second kappa shape index (κ2) is 6.14. The smallest absolute Gasteiger partial charge is 0.240 e. The van der Waals surface area contributed by atoms with Crippen LogP contribution in [0.4, 0.5) is 0 Å². The predicted molar refractivity (Wildman–Crippen MR) is 72.4 cm³/mol. The number of hydrogen-bond donors (Lipinski definition) is 1. The number of piperidine rings is 1. The number of likely N-dealkylation sites (tertiary alicyclic amines) is 1. The molecular formula is C13H23N5O. The maximum atomic E-state index is 12.4. The summed E-state index contributed by atoms with van der Waals surface area (Å²) in [7, 11) is 0. The van der Waals surface area contributed by atoms with Crippen LogP contribution in [-0.2, 0) is 17.9 Å². The van der Waals surface area contributed by atoms with Gasteiger partial charge in [-0.25, -0.2) is 0 Å². The molecule has 6 heteroatoms. The molecule has 1 N–H and O–H groups in total. The van der Waals surface area contributed by atoms with Gasteiger partial charge in [-0.15, -0.1) is 10.2 Å². The van der Waals surface area contributed by atoms with Gasteiger partial charge in [0.2, 0.25) is 5.91 Å². The second-order valence-corrected chi connectivity index (χ2v) is 5.31. The Labute approximate surface area is 114 Å². The summed E-state index contributed by atoms with van der Waals surface area (Å²) < 4.78 is 1.98. The normalized spacial score (nSPS) is 20.3. The summed E-state index contributed by atoms with van der Waals surface area (Å²) in [5.41, 5.74) is 0. The molecule has 0 spiro atoms. The molecule has 0 bridgehead atoms. The van der Waals surface area contributed by atoms with E-state index in [1.165, 1.54) is 0 Å². The van der Waals surface area contributed by atoms with E-state index in [1.807, 2.05) is 16.4 Å². The predicted octanol–water partition coefficient (Wildman–Crippen LogP) is 0.787. The van der Waals surface area contributed by atoms with Crippen molar-refractivity contribution in [3.63, 3.8) is 0 Å². The Morgan fingerprint density at radius 3 is 3.00 bits per heavy atom. The lowest BCUT2D eigenvalue weighted by atomic mass is 10.0. The van der Waals surface area contributed by atoms with Crippen molar-refractivity contribution in [2.75, 3.05) is 6.54 Å². The third kappa shape index (κ3) is 3.32. The third-order valence-corrected chi connectivity index (χ3v) is 3.43. The number of amides is 1. The largest absolute Gasteiger partial charge is 0.334 e. The summed E-state index contributed by atoms with van der Waals surface area (Å²) >= 11 is 0. The van der Waals surface area contributed by atoms with Gasteiger partial charge in [-0.3, -0.25) is 4.79 Å². The number of nitrogens with zero attached hydrogens (tertiary/aromatic N) is 4. The summed E-state index contributed by atoms with van der Waals surface area (Å²) in [5, 5.41) is 11.3. The Balaban J connectivity index is 2.02. The summed E-state index contributed by atoms with van der Waals surface area (Å²) in [5.74, 6) is 1.05. The number of nitrogens with one attached hydrogen (secondary N) is 1. The molecule has 0 radical (unpaired) electrons. The molecule has 1 aromatic rings. The molecule has 1 saturated heterocycles. The van der Waals surface area contributed by atoms with Crippen LogP contribution in [0.1, 0.15) is 39.4 Å². The van der Waals surface area contributed by atoms with Crippen LogP contribution >= 0.6 is 0 Å². The van der Waals surface area contributed by atoms with Crippen molar-refractivity contribution < 1.29 is 4.79 Å². The van der Waals surface area contributed by atoms with Gasteiger partial charge >= 0.3 is 0 Å². The van der Waals surface area contributed by atoms with Crippen molar-refractivity contribution in [2.45, 2.75) is 58.8 Å². The first kappa shape index (κ1) is 14.0. The minimum Gasteiger partial charge on any atom is -0.334 e. The molecule has 0 saturated carbocycles. The van der Waals surface area contributed by atoms with Gasteiger partial charge in [0, 0.05) is 19.1 Å². The van der Waals surface area contributed by atoms with E-state index in [0.717, 1.165) is 31.8 Å². The lowest BCUT2D eigenvalue weighted by Gasteiger charge is -2.33. The van der Waals surface area contributed by atoms with E-state index in [9.17, 15) is 4.79 Å². The molecule has 1 aliphatic rings. The standard InChI is InChI=1S/C13H23N5O/c1-4-17-9-14-16-12(17)8-18-7-5-6-11(13(18)19)15-10(2)3/h9-11,15H,4-8H2,1-3H3. The zero-order valence-electron chi connectivity index (χ0n) is 12.0. The molecular weight excluding hydrogens is 242 g/mol. The van der Waals surface area contributed by atoms with Crippen molar-refractivity contribution >= 4 is 5.91 Å². The maximum absolute atomic E-state index is 12.4. The first-order valence-corrected chi connectivity index (χ1v) is 7.03. The van der Waals surface area contributed by atoms with Crippen LogP contribution in [0.25, 0.3) is 0 Å². The van der Waals surface area contributed by atoms with Crippen molar-refractivity contribution in [1.82, 2.24) is 25.0 Å². The maximum Gasteiger partial charge on any atom is 0.240 e. The molecule has 0 aromatic carbocycles. The van der Waals surface area contributed by atoms with Crippen LogP contribution in [0.15, 0.2) is 6.33 Å². The molecule has 1 atom stereocenters. The molecule has 2 heterocycles. The van der Waals surface area contributed by atoms with Crippen molar-refractivity contribution in [3.05, 3.63) is 12.2 Å². The molecule has 1 aromatic heterocycles. The quantitative estimate of drug-likeness (QED) is 0.855. The molecule has 106 valence electrons. The highest BCUT2D eigenvalue weighted by atomic mass is 16.2. The molecule has 1 fully saturated rings. The monoisotopic (exact) mass is 265 g/mol. The van der Waals surface area contributed by atoms with E-state index in [0.29, 0.717) is 12.6 Å². The molecule has 2 rings (SSSR count). The van der Waals surface area contributed by atoms with E-state index >= 15 is 0 Å². The average Bonchev–Trinajstić information content (AvgIpc) is 2.81. The lowest BCUT2D eigenvalue weighted by molar-refractivity contribution is -0.137. The van der Waals surface area contributed by atoms with Gasteiger partial charge in [0.05, 0.1) is 12.6 Å². The Morgan fingerprint density at radius 2 is 2.32 bits per heavy atom. The number of carbonyl (C=O) groups excluding carboxylic acids is 1. The fourth-order valence-electron chi connectivity index (χ4n) is 2.49. The van der Waals surface area contributed by atoms with E-state index in [4.69, 9.17) is 0 Å².